The molecular formula is C14H20ClNO3. The van der Waals surface area contributed by atoms with Crippen LogP contribution in [0.15, 0.2) is 18.2 Å². The van der Waals surface area contributed by atoms with Crippen LogP contribution in [0.25, 0.3) is 0 Å². The monoisotopic (exact) mass is 285 g/mol. The number of phenols is 2. The van der Waals surface area contributed by atoms with Crippen LogP contribution in [0.3, 0.4) is 0 Å². The number of hydrogen-bond donors (Lipinski definition) is 3. The first kappa shape index (κ1) is 15.6. The fraction of sp³-hybridized carbons (Fsp3) is 0.500. The summed E-state index contributed by atoms with van der Waals surface area (Å²) >= 11 is 5.75. The van der Waals surface area contributed by atoms with Gasteiger partial charge in [-0.05, 0) is 30.0 Å². The molecule has 1 amide bonds. The highest BCUT2D eigenvalue weighted by molar-refractivity contribution is 6.17. The number of phenolic OH excluding ortho intramolecular Hbond substituents is 2. The van der Waals surface area contributed by atoms with E-state index in [9.17, 15) is 15.0 Å². The predicted octanol–water partition coefficient (Wildman–Crippen LogP) is 2.87. The maximum atomic E-state index is 12.1. The second-order valence-corrected chi connectivity index (χ2v) is 5.95. The minimum absolute atomic E-state index is 0.0616. The molecule has 0 aliphatic carbocycles. The molecule has 1 unspecified atom stereocenters. The summed E-state index contributed by atoms with van der Waals surface area (Å²) in [6, 6.07) is 3.93. The van der Waals surface area contributed by atoms with Crippen molar-refractivity contribution in [3.8, 4) is 11.5 Å². The zero-order chi connectivity index (χ0) is 14.6. The molecule has 0 aliphatic rings. The Balaban J connectivity index is 2.84. The Morgan fingerprint density at radius 2 is 1.95 bits per heavy atom. The van der Waals surface area contributed by atoms with Gasteiger partial charge in [0.15, 0.2) is 11.5 Å². The van der Waals surface area contributed by atoms with Gasteiger partial charge in [-0.1, -0.05) is 20.8 Å². The van der Waals surface area contributed by atoms with Crippen molar-refractivity contribution in [2.75, 3.05) is 5.88 Å². The van der Waals surface area contributed by atoms with E-state index < -0.39 is 0 Å². The van der Waals surface area contributed by atoms with E-state index in [0.29, 0.717) is 17.9 Å². The average Bonchev–Trinajstić information content (AvgIpc) is 2.30. The van der Waals surface area contributed by atoms with E-state index in [1.807, 2.05) is 20.8 Å². The van der Waals surface area contributed by atoms with Gasteiger partial charge in [0.1, 0.15) is 0 Å². The number of nitrogens with one attached hydrogen (secondary N) is 1. The number of aromatic hydroxyl groups is 2. The topological polar surface area (TPSA) is 69.6 Å². The van der Waals surface area contributed by atoms with Crippen LogP contribution >= 0.6 is 11.6 Å². The first-order valence-electron chi connectivity index (χ1n) is 6.14. The van der Waals surface area contributed by atoms with Gasteiger partial charge in [0, 0.05) is 17.5 Å². The predicted molar refractivity (Wildman–Crippen MR) is 75.8 cm³/mol. The summed E-state index contributed by atoms with van der Waals surface area (Å²) in [6.07, 6.45) is 0.668. The molecule has 1 atom stereocenters. The standard InChI is InChI=1S/C14H20ClNO3/c1-14(2,3)12(6-7-15)16-13(19)9-4-5-10(17)11(18)8-9/h4-5,8,12,17-18H,6-7H2,1-3H3,(H,16,19). The molecular weight excluding hydrogens is 266 g/mol. The molecule has 1 aromatic carbocycles. The molecule has 0 radical (unpaired) electrons. The molecule has 19 heavy (non-hydrogen) atoms. The Bertz CT molecular complexity index is 454. The van der Waals surface area contributed by atoms with Crippen LogP contribution in [0.5, 0.6) is 11.5 Å². The third-order valence-corrected chi connectivity index (χ3v) is 3.20. The highest BCUT2D eigenvalue weighted by Gasteiger charge is 2.26. The van der Waals surface area contributed by atoms with Gasteiger partial charge in [-0.15, -0.1) is 11.6 Å². The van der Waals surface area contributed by atoms with Gasteiger partial charge in [-0.2, -0.15) is 0 Å². The third-order valence-electron chi connectivity index (χ3n) is 2.99. The van der Waals surface area contributed by atoms with Crippen molar-refractivity contribution < 1.29 is 15.0 Å². The van der Waals surface area contributed by atoms with E-state index in [1.54, 1.807) is 0 Å². The summed E-state index contributed by atoms with van der Waals surface area (Å²) < 4.78 is 0. The van der Waals surface area contributed by atoms with Crippen LogP contribution in [0, 0.1) is 5.41 Å². The van der Waals surface area contributed by atoms with Crippen molar-refractivity contribution in [3.63, 3.8) is 0 Å². The summed E-state index contributed by atoms with van der Waals surface area (Å²) in [6.45, 7) is 6.08. The molecule has 4 nitrogen and oxygen atoms in total. The molecule has 0 aromatic heterocycles. The molecule has 1 rings (SSSR count). The summed E-state index contributed by atoms with van der Waals surface area (Å²) in [5.74, 6) is -0.384. The van der Waals surface area contributed by atoms with Crippen molar-refractivity contribution in [2.45, 2.75) is 33.2 Å². The lowest BCUT2D eigenvalue weighted by Gasteiger charge is -2.31. The number of amides is 1. The number of carbonyl (C=O) groups excluding carboxylic acids is 1. The first-order valence-corrected chi connectivity index (χ1v) is 6.68. The largest absolute Gasteiger partial charge is 0.504 e. The van der Waals surface area contributed by atoms with Crippen molar-refractivity contribution >= 4 is 17.5 Å². The SMILES string of the molecule is CC(C)(C)C(CCCl)NC(=O)c1ccc(O)c(O)c1. The number of benzene rings is 1. The van der Waals surface area contributed by atoms with Gasteiger partial charge in [-0.3, -0.25) is 4.79 Å². The summed E-state index contributed by atoms with van der Waals surface area (Å²) in [5.41, 5.74) is 0.197. The zero-order valence-corrected chi connectivity index (χ0v) is 12.2. The summed E-state index contributed by atoms with van der Waals surface area (Å²) in [5, 5.41) is 21.5. The summed E-state index contributed by atoms with van der Waals surface area (Å²) in [4.78, 5) is 12.1. The highest BCUT2D eigenvalue weighted by Crippen LogP contribution is 2.26. The van der Waals surface area contributed by atoms with Crippen molar-refractivity contribution in [2.24, 2.45) is 5.41 Å². The maximum absolute atomic E-state index is 12.1. The molecule has 0 heterocycles. The minimum atomic E-state index is -0.308. The van der Waals surface area contributed by atoms with Gasteiger partial charge >= 0.3 is 0 Å². The number of halogens is 1. The molecule has 0 saturated heterocycles. The Morgan fingerprint density at radius 1 is 1.32 bits per heavy atom. The molecule has 3 N–H and O–H groups in total. The van der Waals surface area contributed by atoms with E-state index in [1.165, 1.54) is 18.2 Å². The number of rotatable bonds is 4. The summed E-state index contributed by atoms with van der Waals surface area (Å²) in [7, 11) is 0. The zero-order valence-electron chi connectivity index (χ0n) is 11.4. The van der Waals surface area contributed by atoms with Crippen molar-refractivity contribution in [1.82, 2.24) is 5.32 Å². The van der Waals surface area contributed by atoms with E-state index in [2.05, 4.69) is 5.32 Å². The van der Waals surface area contributed by atoms with Gasteiger partial charge < -0.3 is 15.5 Å². The fourth-order valence-electron chi connectivity index (χ4n) is 1.74. The maximum Gasteiger partial charge on any atom is 0.251 e. The quantitative estimate of drug-likeness (QED) is 0.588. The lowest BCUT2D eigenvalue weighted by molar-refractivity contribution is 0.0900. The second-order valence-electron chi connectivity index (χ2n) is 5.57. The van der Waals surface area contributed by atoms with E-state index in [4.69, 9.17) is 11.6 Å². The smallest absolute Gasteiger partial charge is 0.251 e. The normalized spacial score (nSPS) is 13.1. The van der Waals surface area contributed by atoms with Gasteiger partial charge in [0.25, 0.3) is 5.91 Å². The Kier molecular flexibility index (Phi) is 5.06. The second kappa shape index (κ2) is 6.15. The molecule has 0 saturated carbocycles. The van der Waals surface area contributed by atoms with Crippen LogP contribution in [-0.4, -0.2) is 28.0 Å². The van der Waals surface area contributed by atoms with Crippen molar-refractivity contribution in [3.05, 3.63) is 23.8 Å². The minimum Gasteiger partial charge on any atom is -0.504 e. The fourth-order valence-corrected chi connectivity index (χ4v) is 1.96. The molecule has 1 aromatic rings. The number of alkyl halides is 1. The van der Waals surface area contributed by atoms with E-state index in [0.717, 1.165) is 0 Å². The van der Waals surface area contributed by atoms with E-state index in [-0.39, 0.29) is 28.9 Å². The van der Waals surface area contributed by atoms with Crippen LogP contribution in [0.1, 0.15) is 37.6 Å². The van der Waals surface area contributed by atoms with Gasteiger partial charge in [0.05, 0.1) is 0 Å². The van der Waals surface area contributed by atoms with Gasteiger partial charge in [0.2, 0.25) is 0 Å². The first-order chi connectivity index (χ1) is 8.75. The Hall–Kier alpha value is -1.42. The third kappa shape index (κ3) is 4.31. The van der Waals surface area contributed by atoms with Crippen LogP contribution in [0.2, 0.25) is 0 Å². The van der Waals surface area contributed by atoms with Gasteiger partial charge in [-0.25, -0.2) is 0 Å². The number of carbonyl (C=O) groups is 1. The lowest BCUT2D eigenvalue weighted by atomic mass is 9.85. The highest BCUT2D eigenvalue weighted by atomic mass is 35.5. The Labute approximate surface area is 118 Å². The van der Waals surface area contributed by atoms with Crippen molar-refractivity contribution in [1.29, 1.82) is 0 Å². The molecule has 5 heteroatoms. The Morgan fingerprint density at radius 3 is 2.42 bits per heavy atom. The molecule has 0 fully saturated rings. The molecule has 106 valence electrons. The molecule has 0 spiro atoms. The van der Waals surface area contributed by atoms with E-state index >= 15 is 0 Å². The van der Waals surface area contributed by atoms with Crippen LogP contribution in [0.4, 0.5) is 0 Å². The lowest BCUT2D eigenvalue weighted by Crippen LogP contribution is -2.44. The van der Waals surface area contributed by atoms with Crippen LogP contribution in [-0.2, 0) is 0 Å². The number of hydrogen-bond acceptors (Lipinski definition) is 3. The molecule has 0 bridgehead atoms. The average molecular weight is 286 g/mol. The van der Waals surface area contributed by atoms with Crippen LogP contribution < -0.4 is 5.32 Å². The molecule has 0 aliphatic heterocycles.